The van der Waals surface area contributed by atoms with E-state index >= 15 is 0 Å². The predicted octanol–water partition coefficient (Wildman–Crippen LogP) is 2.89. The molecule has 1 aliphatic rings. The molecule has 17 heavy (non-hydrogen) atoms. The summed E-state index contributed by atoms with van der Waals surface area (Å²) in [5.74, 6) is 0. The van der Waals surface area contributed by atoms with Gasteiger partial charge >= 0.3 is 6.18 Å². The first-order valence-electron chi connectivity index (χ1n) is 5.41. The zero-order valence-corrected chi connectivity index (χ0v) is 9.64. The van der Waals surface area contributed by atoms with Crippen LogP contribution in [0.1, 0.15) is 25.0 Å². The van der Waals surface area contributed by atoms with Crippen molar-refractivity contribution in [2.75, 3.05) is 6.61 Å². The Morgan fingerprint density at radius 3 is 2.53 bits per heavy atom. The van der Waals surface area contributed by atoms with Crippen molar-refractivity contribution in [3.8, 4) is 0 Å². The lowest BCUT2D eigenvalue weighted by Crippen LogP contribution is -2.39. The molecule has 1 fully saturated rings. The summed E-state index contributed by atoms with van der Waals surface area (Å²) in [7, 11) is 0. The van der Waals surface area contributed by atoms with Crippen molar-refractivity contribution < 1.29 is 17.9 Å². The van der Waals surface area contributed by atoms with Crippen molar-refractivity contribution in [2.45, 2.75) is 31.8 Å². The standard InChI is InChI=1S/C12H14F3NO/c1-8-7-17-11(2,16-8)9-5-3-4-6-10(9)12(13,14)15/h3-6,8,16H,7H2,1-2H3. The first kappa shape index (κ1) is 12.4. The fourth-order valence-electron chi connectivity index (χ4n) is 2.15. The summed E-state index contributed by atoms with van der Waals surface area (Å²) in [6.45, 7) is 3.91. The van der Waals surface area contributed by atoms with E-state index in [9.17, 15) is 13.2 Å². The van der Waals surface area contributed by atoms with Crippen molar-refractivity contribution in [1.29, 1.82) is 0 Å². The molecule has 94 valence electrons. The molecule has 0 amide bonds. The molecule has 0 aromatic heterocycles. The van der Waals surface area contributed by atoms with Gasteiger partial charge in [-0.2, -0.15) is 13.2 Å². The largest absolute Gasteiger partial charge is 0.416 e. The van der Waals surface area contributed by atoms with Gasteiger partial charge in [-0.05, 0) is 19.9 Å². The zero-order chi connectivity index (χ0) is 12.7. The summed E-state index contributed by atoms with van der Waals surface area (Å²) in [5, 5.41) is 3.04. The lowest BCUT2D eigenvalue weighted by atomic mass is 9.98. The van der Waals surface area contributed by atoms with Gasteiger partial charge in [-0.3, -0.25) is 5.32 Å². The third-order valence-corrected chi connectivity index (χ3v) is 2.89. The summed E-state index contributed by atoms with van der Waals surface area (Å²) >= 11 is 0. The highest BCUT2D eigenvalue weighted by atomic mass is 19.4. The van der Waals surface area contributed by atoms with Gasteiger partial charge in [0.25, 0.3) is 0 Å². The number of rotatable bonds is 1. The van der Waals surface area contributed by atoms with Crippen LogP contribution in [-0.4, -0.2) is 12.6 Å². The minimum Gasteiger partial charge on any atom is -0.355 e. The highest BCUT2D eigenvalue weighted by molar-refractivity contribution is 5.34. The quantitative estimate of drug-likeness (QED) is 0.821. The van der Waals surface area contributed by atoms with Crippen LogP contribution in [0.4, 0.5) is 13.2 Å². The monoisotopic (exact) mass is 245 g/mol. The second kappa shape index (κ2) is 3.99. The number of halogens is 3. The predicted molar refractivity (Wildman–Crippen MR) is 57.3 cm³/mol. The van der Waals surface area contributed by atoms with Gasteiger partial charge in [-0.1, -0.05) is 18.2 Å². The number of ether oxygens (including phenoxy) is 1. The fourth-order valence-corrected chi connectivity index (χ4v) is 2.15. The molecule has 0 saturated carbocycles. The Morgan fingerprint density at radius 1 is 1.35 bits per heavy atom. The Kier molecular flexibility index (Phi) is 2.91. The minimum absolute atomic E-state index is 0.0429. The van der Waals surface area contributed by atoms with E-state index in [0.717, 1.165) is 6.07 Å². The molecule has 1 N–H and O–H groups in total. The Bertz CT molecular complexity index is 418. The molecule has 0 aliphatic carbocycles. The molecule has 5 heteroatoms. The topological polar surface area (TPSA) is 21.3 Å². The first-order chi connectivity index (χ1) is 7.83. The molecule has 0 spiro atoms. The molecule has 0 bridgehead atoms. The summed E-state index contributed by atoms with van der Waals surface area (Å²) < 4.78 is 44.1. The molecule has 1 aromatic rings. The van der Waals surface area contributed by atoms with Gasteiger partial charge in [0, 0.05) is 11.6 Å². The summed E-state index contributed by atoms with van der Waals surface area (Å²) in [5.41, 5.74) is -1.58. The zero-order valence-electron chi connectivity index (χ0n) is 9.64. The Labute approximate surface area is 97.8 Å². The van der Waals surface area contributed by atoms with Crippen LogP contribution in [0.25, 0.3) is 0 Å². The first-order valence-corrected chi connectivity index (χ1v) is 5.41. The number of alkyl halides is 3. The van der Waals surface area contributed by atoms with Gasteiger partial charge in [0.15, 0.2) is 0 Å². The van der Waals surface area contributed by atoms with Crippen molar-refractivity contribution in [3.05, 3.63) is 35.4 Å². The molecule has 2 nitrogen and oxygen atoms in total. The normalized spacial score (nSPS) is 29.6. The van der Waals surface area contributed by atoms with E-state index in [1.165, 1.54) is 12.1 Å². The Hall–Kier alpha value is -1.07. The molecule has 1 aromatic carbocycles. The smallest absolute Gasteiger partial charge is 0.355 e. The van der Waals surface area contributed by atoms with Gasteiger partial charge in [-0.25, -0.2) is 0 Å². The molecule has 1 aliphatic heterocycles. The second-order valence-electron chi connectivity index (χ2n) is 4.43. The van der Waals surface area contributed by atoms with Gasteiger partial charge in [0.05, 0.1) is 12.2 Å². The van der Waals surface area contributed by atoms with Crippen LogP contribution in [0.15, 0.2) is 24.3 Å². The fraction of sp³-hybridized carbons (Fsp3) is 0.500. The molecule has 0 radical (unpaired) electrons. The number of hydrogen-bond acceptors (Lipinski definition) is 2. The summed E-state index contributed by atoms with van der Waals surface area (Å²) in [6.07, 6.45) is -4.36. The van der Waals surface area contributed by atoms with E-state index in [1.807, 2.05) is 6.92 Å². The third-order valence-electron chi connectivity index (χ3n) is 2.89. The molecule has 2 rings (SSSR count). The maximum Gasteiger partial charge on any atom is 0.416 e. The van der Waals surface area contributed by atoms with E-state index in [2.05, 4.69) is 5.32 Å². The van der Waals surface area contributed by atoms with E-state index in [0.29, 0.717) is 6.61 Å². The van der Waals surface area contributed by atoms with Gasteiger partial charge in [0.1, 0.15) is 5.72 Å². The van der Waals surface area contributed by atoms with Crippen molar-refractivity contribution in [1.82, 2.24) is 5.32 Å². The van der Waals surface area contributed by atoms with Gasteiger partial charge in [0.2, 0.25) is 0 Å². The van der Waals surface area contributed by atoms with Crippen LogP contribution in [0.3, 0.4) is 0 Å². The van der Waals surface area contributed by atoms with Crippen LogP contribution in [0.2, 0.25) is 0 Å². The van der Waals surface area contributed by atoms with Crippen LogP contribution < -0.4 is 5.32 Å². The van der Waals surface area contributed by atoms with Crippen LogP contribution in [0.5, 0.6) is 0 Å². The van der Waals surface area contributed by atoms with Gasteiger partial charge < -0.3 is 4.74 Å². The average molecular weight is 245 g/mol. The maximum absolute atomic E-state index is 12.9. The average Bonchev–Trinajstić information content (AvgIpc) is 2.59. The number of nitrogens with one attached hydrogen (secondary N) is 1. The van der Waals surface area contributed by atoms with Crippen molar-refractivity contribution in [2.24, 2.45) is 0 Å². The Balaban J connectivity index is 2.46. The maximum atomic E-state index is 12.9. The number of benzene rings is 1. The highest BCUT2D eigenvalue weighted by Gasteiger charge is 2.42. The molecule has 1 saturated heterocycles. The van der Waals surface area contributed by atoms with Crippen LogP contribution >= 0.6 is 0 Å². The highest BCUT2D eigenvalue weighted by Crippen LogP contribution is 2.38. The lowest BCUT2D eigenvalue weighted by Gasteiger charge is -2.27. The van der Waals surface area contributed by atoms with Crippen LogP contribution in [0, 0.1) is 0 Å². The molecule has 2 unspecified atom stereocenters. The van der Waals surface area contributed by atoms with E-state index in [-0.39, 0.29) is 11.6 Å². The van der Waals surface area contributed by atoms with E-state index in [1.54, 1.807) is 13.0 Å². The minimum atomic E-state index is -4.36. The molecular formula is C12H14F3NO. The molecular weight excluding hydrogens is 231 g/mol. The molecule has 2 atom stereocenters. The molecule has 1 heterocycles. The van der Waals surface area contributed by atoms with Crippen molar-refractivity contribution >= 4 is 0 Å². The van der Waals surface area contributed by atoms with Crippen molar-refractivity contribution in [3.63, 3.8) is 0 Å². The third kappa shape index (κ3) is 2.30. The summed E-state index contributed by atoms with van der Waals surface area (Å²) in [6, 6.07) is 5.54. The van der Waals surface area contributed by atoms with E-state index < -0.39 is 17.5 Å². The lowest BCUT2D eigenvalue weighted by molar-refractivity contribution is -0.141. The SMILES string of the molecule is CC1COC(C)(c2ccccc2C(F)(F)F)N1. The van der Waals surface area contributed by atoms with E-state index in [4.69, 9.17) is 4.74 Å². The van der Waals surface area contributed by atoms with Gasteiger partial charge in [-0.15, -0.1) is 0 Å². The summed E-state index contributed by atoms with van der Waals surface area (Å²) in [4.78, 5) is 0. The number of hydrogen-bond donors (Lipinski definition) is 1. The second-order valence-corrected chi connectivity index (χ2v) is 4.43. The van der Waals surface area contributed by atoms with Crippen LogP contribution in [-0.2, 0) is 16.6 Å². The Morgan fingerprint density at radius 2 is 2.00 bits per heavy atom.